The second-order valence-corrected chi connectivity index (χ2v) is 3.44. The lowest BCUT2D eigenvalue weighted by Crippen LogP contribution is -2.44. The number of carbonyl (C=O) groups excluding carboxylic acids is 1. The van der Waals surface area contributed by atoms with Gasteiger partial charge in [-0.05, 0) is 21.0 Å². The number of carboxylic acid groups (broad SMARTS) is 1. The molecule has 88 valence electrons. The van der Waals surface area contributed by atoms with E-state index < -0.39 is 5.97 Å². The molecular formula is C9H19N3O3. The van der Waals surface area contributed by atoms with Crippen molar-refractivity contribution in [3.8, 4) is 0 Å². The second kappa shape index (κ2) is 7.05. The Morgan fingerprint density at radius 2 is 1.93 bits per heavy atom. The van der Waals surface area contributed by atoms with Gasteiger partial charge in [0, 0.05) is 19.6 Å². The minimum atomic E-state index is -1.00. The van der Waals surface area contributed by atoms with Gasteiger partial charge in [0.05, 0.1) is 0 Å². The SMILES string of the molecule is CCN(CC(=O)O)C(=O)NCCN(C)C. The number of amides is 2. The highest BCUT2D eigenvalue weighted by Crippen LogP contribution is 1.88. The van der Waals surface area contributed by atoms with Crippen molar-refractivity contribution in [2.45, 2.75) is 6.92 Å². The number of rotatable bonds is 6. The van der Waals surface area contributed by atoms with Gasteiger partial charge in [0.15, 0.2) is 0 Å². The molecule has 15 heavy (non-hydrogen) atoms. The summed E-state index contributed by atoms with van der Waals surface area (Å²) >= 11 is 0. The fourth-order valence-corrected chi connectivity index (χ4v) is 0.989. The molecule has 2 amide bonds. The van der Waals surface area contributed by atoms with Gasteiger partial charge in [0.2, 0.25) is 0 Å². The molecule has 0 rings (SSSR count). The monoisotopic (exact) mass is 217 g/mol. The van der Waals surface area contributed by atoms with Gasteiger partial charge in [-0.2, -0.15) is 0 Å². The van der Waals surface area contributed by atoms with Crippen LogP contribution in [-0.2, 0) is 4.79 Å². The van der Waals surface area contributed by atoms with Crippen LogP contribution in [-0.4, -0.2) is 67.2 Å². The number of nitrogens with one attached hydrogen (secondary N) is 1. The van der Waals surface area contributed by atoms with Crippen molar-refractivity contribution in [2.75, 3.05) is 40.3 Å². The molecule has 6 nitrogen and oxygen atoms in total. The molecular weight excluding hydrogens is 198 g/mol. The van der Waals surface area contributed by atoms with Crippen LogP contribution in [0, 0.1) is 0 Å². The summed E-state index contributed by atoms with van der Waals surface area (Å²) in [7, 11) is 3.81. The summed E-state index contributed by atoms with van der Waals surface area (Å²) < 4.78 is 0. The lowest BCUT2D eigenvalue weighted by atomic mass is 10.5. The molecule has 0 fully saturated rings. The van der Waals surface area contributed by atoms with E-state index in [0.717, 1.165) is 6.54 Å². The predicted octanol–water partition coefficient (Wildman–Crippen LogP) is -0.336. The van der Waals surface area contributed by atoms with Gasteiger partial charge in [-0.1, -0.05) is 0 Å². The van der Waals surface area contributed by atoms with Crippen LogP contribution in [0.2, 0.25) is 0 Å². The first-order valence-corrected chi connectivity index (χ1v) is 4.86. The maximum absolute atomic E-state index is 11.4. The van der Waals surface area contributed by atoms with Crippen molar-refractivity contribution in [2.24, 2.45) is 0 Å². The summed E-state index contributed by atoms with van der Waals surface area (Å²) in [6.45, 7) is 3.12. The predicted molar refractivity (Wildman–Crippen MR) is 56.8 cm³/mol. The highest BCUT2D eigenvalue weighted by Gasteiger charge is 2.13. The van der Waals surface area contributed by atoms with Crippen LogP contribution >= 0.6 is 0 Å². The summed E-state index contributed by atoms with van der Waals surface area (Å²) in [6.07, 6.45) is 0. The molecule has 0 saturated carbocycles. The molecule has 2 N–H and O–H groups in total. The van der Waals surface area contributed by atoms with Crippen molar-refractivity contribution in [3.05, 3.63) is 0 Å². The van der Waals surface area contributed by atoms with E-state index in [0.29, 0.717) is 13.1 Å². The number of aliphatic carboxylic acids is 1. The Morgan fingerprint density at radius 1 is 1.33 bits per heavy atom. The van der Waals surface area contributed by atoms with Crippen LogP contribution in [0.5, 0.6) is 0 Å². The minimum absolute atomic E-state index is 0.260. The lowest BCUT2D eigenvalue weighted by molar-refractivity contribution is -0.137. The molecule has 0 bridgehead atoms. The zero-order valence-corrected chi connectivity index (χ0v) is 9.49. The van der Waals surface area contributed by atoms with E-state index in [2.05, 4.69) is 5.32 Å². The summed E-state index contributed by atoms with van der Waals surface area (Å²) in [5.74, 6) is -1.00. The Balaban J connectivity index is 3.88. The second-order valence-electron chi connectivity index (χ2n) is 3.44. The van der Waals surface area contributed by atoms with Crippen molar-refractivity contribution in [1.29, 1.82) is 0 Å². The van der Waals surface area contributed by atoms with Crippen molar-refractivity contribution in [1.82, 2.24) is 15.1 Å². The summed E-state index contributed by atoms with van der Waals surface area (Å²) in [4.78, 5) is 25.0. The molecule has 0 spiro atoms. The maximum atomic E-state index is 11.4. The van der Waals surface area contributed by atoms with E-state index in [4.69, 9.17) is 5.11 Å². The molecule has 0 heterocycles. The van der Waals surface area contributed by atoms with Gasteiger partial charge >= 0.3 is 12.0 Å². The van der Waals surface area contributed by atoms with Crippen molar-refractivity contribution < 1.29 is 14.7 Å². The number of urea groups is 1. The number of carboxylic acids is 1. The summed E-state index contributed by atoms with van der Waals surface area (Å²) in [5, 5.41) is 11.2. The third-order valence-electron chi connectivity index (χ3n) is 1.83. The first-order valence-electron chi connectivity index (χ1n) is 4.86. The number of likely N-dealkylation sites (N-methyl/N-ethyl adjacent to an activating group) is 2. The van der Waals surface area contributed by atoms with E-state index in [1.807, 2.05) is 19.0 Å². The van der Waals surface area contributed by atoms with Crippen LogP contribution in [0.4, 0.5) is 4.79 Å². The van der Waals surface area contributed by atoms with E-state index in [-0.39, 0.29) is 12.6 Å². The van der Waals surface area contributed by atoms with Gasteiger partial charge in [-0.15, -0.1) is 0 Å². The number of carbonyl (C=O) groups is 2. The van der Waals surface area contributed by atoms with E-state index in [1.54, 1.807) is 6.92 Å². The highest BCUT2D eigenvalue weighted by atomic mass is 16.4. The van der Waals surface area contributed by atoms with E-state index in [1.165, 1.54) is 4.90 Å². The van der Waals surface area contributed by atoms with Crippen LogP contribution < -0.4 is 5.32 Å². The molecule has 0 saturated heterocycles. The van der Waals surface area contributed by atoms with Crippen LogP contribution in [0.1, 0.15) is 6.92 Å². The molecule has 0 aliphatic heterocycles. The van der Waals surface area contributed by atoms with Gasteiger partial charge in [0.1, 0.15) is 6.54 Å². The molecule has 0 aromatic rings. The van der Waals surface area contributed by atoms with Crippen LogP contribution in [0.25, 0.3) is 0 Å². The average molecular weight is 217 g/mol. The van der Waals surface area contributed by atoms with E-state index >= 15 is 0 Å². The smallest absolute Gasteiger partial charge is 0.323 e. The largest absolute Gasteiger partial charge is 0.480 e. The van der Waals surface area contributed by atoms with Gasteiger partial charge in [-0.3, -0.25) is 4.79 Å². The Morgan fingerprint density at radius 3 is 2.33 bits per heavy atom. The standard InChI is InChI=1S/C9H19N3O3/c1-4-12(7-8(13)14)9(15)10-5-6-11(2)3/h4-7H2,1-3H3,(H,10,15)(H,13,14). The van der Waals surface area contributed by atoms with Gasteiger partial charge in [0.25, 0.3) is 0 Å². The molecule has 0 aromatic carbocycles. The quantitative estimate of drug-likeness (QED) is 0.638. The maximum Gasteiger partial charge on any atom is 0.323 e. The molecule has 0 aliphatic carbocycles. The molecule has 0 unspecified atom stereocenters. The fraction of sp³-hybridized carbons (Fsp3) is 0.778. The van der Waals surface area contributed by atoms with Crippen molar-refractivity contribution >= 4 is 12.0 Å². The molecule has 0 aliphatic rings. The Bertz CT molecular complexity index is 219. The molecule has 6 heteroatoms. The highest BCUT2D eigenvalue weighted by molar-refractivity contribution is 5.79. The number of nitrogens with zero attached hydrogens (tertiary/aromatic N) is 2. The third kappa shape index (κ3) is 6.73. The Kier molecular flexibility index (Phi) is 6.44. The lowest BCUT2D eigenvalue weighted by Gasteiger charge is -2.19. The van der Waals surface area contributed by atoms with Gasteiger partial charge in [-0.25, -0.2) is 4.79 Å². The first kappa shape index (κ1) is 13.7. The third-order valence-corrected chi connectivity index (χ3v) is 1.83. The summed E-state index contributed by atoms with van der Waals surface area (Å²) in [6, 6.07) is -0.332. The first-order chi connectivity index (χ1) is 6.97. The van der Waals surface area contributed by atoms with Gasteiger partial charge < -0.3 is 20.2 Å². The van der Waals surface area contributed by atoms with Crippen molar-refractivity contribution in [3.63, 3.8) is 0 Å². The zero-order valence-electron chi connectivity index (χ0n) is 9.49. The average Bonchev–Trinajstić information content (AvgIpc) is 2.13. The number of hydrogen-bond acceptors (Lipinski definition) is 3. The molecule has 0 radical (unpaired) electrons. The Labute approximate surface area is 89.8 Å². The minimum Gasteiger partial charge on any atom is -0.480 e. The normalized spacial score (nSPS) is 10.1. The Hall–Kier alpha value is -1.30. The zero-order chi connectivity index (χ0) is 11.8. The molecule has 0 aromatic heterocycles. The summed E-state index contributed by atoms with van der Waals surface area (Å²) in [5.41, 5.74) is 0. The van der Waals surface area contributed by atoms with E-state index in [9.17, 15) is 9.59 Å². The fourth-order valence-electron chi connectivity index (χ4n) is 0.989. The topological polar surface area (TPSA) is 72.9 Å². The van der Waals surface area contributed by atoms with Crippen LogP contribution in [0.15, 0.2) is 0 Å². The molecule has 0 atom stereocenters. The van der Waals surface area contributed by atoms with Crippen LogP contribution in [0.3, 0.4) is 0 Å². The number of hydrogen-bond donors (Lipinski definition) is 2.